The van der Waals surface area contributed by atoms with Crippen molar-refractivity contribution in [2.75, 3.05) is 0 Å². The second-order valence-electron chi connectivity index (χ2n) is 5.25. The van der Waals surface area contributed by atoms with Gasteiger partial charge in [0, 0.05) is 10.5 Å². The molecule has 1 atom stereocenters. The fraction of sp³-hybridized carbons (Fsp3) is 0.111. The van der Waals surface area contributed by atoms with E-state index in [0.717, 1.165) is 10.0 Å². The number of fused-ring (bicyclic) bond motifs is 1. The van der Waals surface area contributed by atoms with Crippen LogP contribution in [0, 0.1) is 0 Å². The number of rotatable bonds is 4. The van der Waals surface area contributed by atoms with E-state index in [9.17, 15) is 9.59 Å². The molecule has 0 fully saturated rings. The van der Waals surface area contributed by atoms with E-state index < -0.39 is 12.1 Å². The van der Waals surface area contributed by atoms with E-state index in [2.05, 4.69) is 15.9 Å². The largest absolute Gasteiger partial charge is 0.479 e. The Morgan fingerprint density at radius 3 is 2.62 bits per heavy atom. The Bertz CT molecular complexity index is 839. The molecule has 5 nitrogen and oxygen atoms in total. The van der Waals surface area contributed by atoms with Crippen molar-refractivity contribution in [3.05, 3.63) is 63.8 Å². The molecule has 0 unspecified atom stereocenters. The van der Waals surface area contributed by atoms with Crippen LogP contribution in [0.15, 0.2) is 52.7 Å². The fourth-order valence-corrected chi connectivity index (χ4v) is 2.47. The molecule has 0 aromatic heterocycles. The molecular weight excluding hydrogens is 376 g/mol. The van der Waals surface area contributed by atoms with Gasteiger partial charge in [-0.2, -0.15) is 0 Å². The van der Waals surface area contributed by atoms with Crippen LogP contribution in [0.3, 0.4) is 0 Å². The Morgan fingerprint density at radius 2 is 1.96 bits per heavy atom. The summed E-state index contributed by atoms with van der Waals surface area (Å²) in [6, 6.07) is 12.1. The van der Waals surface area contributed by atoms with Crippen LogP contribution >= 0.6 is 15.9 Å². The van der Waals surface area contributed by atoms with Crippen LogP contribution in [0.1, 0.15) is 22.8 Å². The van der Waals surface area contributed by atoms with Gasteiger partial charge >= 0.3 is 5.97 Å². The Morgan fingerprint density at radius 1 is 1.25 bits per heavy atom. The molecule has 1 heterocycles. The van der Waals surface area contributed by atoms with Gasteiger partial charge < -0.3 is 14.6 Å². The van der Waals surface area contributed by atoms with Crippen molar-refractivity contribution >= 4 is 33.8 Å². The third-order valence-corrected chi connectivity index (χ3v) is 4.00. The molecule has 0 spiro atoms. The SMILES string of the molecule is C[C@@H](Oc1ccc2c(c1)O/C(=C/c1ccc(Br)cc1)C2=O)C(=O)O. The van der Waals surface area contributed by atoms with Crippen molar-refractivity contribution in [3.8, 4) is 11.5 Å². The number of ketones is 1. The molecule has 1 aliphatic heterocycles. The lowest BCUT2D eigenvalue weighted by atomic mass is 10.1. The van der Waals surface area contributed by atoms with E-state index in [4.69, 9.17) is 14.6 Å². The van der Waals surface area contributed by atoms with Gasteiger partial charge in [-0.25, -0.2) is 4.79 Å². The first kappa shape index (κ1) is 16.3. The molecule has 0 amide bonds. The number of Topliss-reactive ketones (excluding diaryl/α,β-unsaturated/α-hetero) is 1. The van der Waals surface area contributed by atoms with Crippen LogP contribution in [-0.4, -0.2) is 23.0 Å². The predicted molar refractivity (Wildman–Crippen MR) is 91.2 cm³/mol. The van der Waals surface area contributed by atoms with Gasteiger partial charge in [-0.15, -0.1) is 0 Å². The van der Waals surface area contributed by atoms with Crippen LogP contribution < -0.4 is 9.47 Å². The first-order valence-corrected chi connectivity index (χ1v) is 7.96. The summed E-state index contributed by atoms with van der Waals surface area (Å²) in [5.41, 5.74) is 1.26. The van der Waals surface area contributed by atoms with Crippen molar-refractivity contribution in [3.63, 3.8) is 0 Å². The highest BCUT2D eigenvalue weighted by Gasteiger charge is 2.28. The predicted octanol–water partition coefficient (Wildman–Crippen LogP) is 3.92. The van der Waals surface area contributed by atoms with Crippen molar-refractivity contribution < 1.29 is 24.2 Å². The number of hydrogen-bond acceptors (Lipinski definition) is 4. The molecular formula is C18H13BrO5. The first-order chi connectivity index (χ1) is 11.4. The molecule has 2 aromatic carbocycles. The minimum absolute atomic E-state index is 0.217. The zero-order valence-electron chi connectivity index (χ0n) is 12.7. The number of halogens is 1. The second kappa shape index (κ2) is 6.49. The molecule has 6 heteroatoms. The number of ether oxygens (including phenoxy) is 2. The normalized spacial score (nSPS) is 15.8. The Kier molecular flexibility index (Phi) is 4.40. The van der Waals surface area contributed by atoms with Gasteiger partial charge in [0.05, 0.1) is 5.56 Å². The minimum Gasteiger partial charge on any atom is -0.479 e. The smallest absolute Gasteiger partial charge is 0.344 e. The highest BCUT2D eigenvalue weighted by atomic mass is 79.9. The van der Waals surface area contributed by atoms with Crippen molar-refractivity contribution in [2.24, 2.45) is 0 Å². The van der Waals surface area contributed by atoms with Crippen molar-refractivity contribution in [1.82, 2.24) is 0 Å². The van der Waals surface area contributed by atoms with Gasteiger partial charge in [-0.3, -0.25) is 4.79 Å². The van der Waals surface area contributed by atoms with E-state index in [1.165, 1.54) is 13.0 Å². The number of carbonyl (C=O) groups is 2. The quantitative estimate of drug-likeness (QED) is 0.803. The van der Waals surface area contributed by atoms with Gasteiger partial charge in [0.2, 0.25) is 5.78 Å². The third-order valence-electron chi connectivity index (χ3n) is 3.47. The number of allylic oxidation sites excluding steroid dienone is 1. The summed E-state index contributed by atoms with van der Waals surface area (Å²) in [7, 11) is 0. The molecule has 0 saturated carbocycles. The van der Waals surface area contributed by atoms with Crippen molar-refractivity contribution in [1.29, 1.82) is 0 Å². The maximum atomic E-state index is 12.4. The zero-order chi connectivity index (χ0) is 17.3. The highest BCUT2D eigenvalue weighted by Crippen LogP contribution is 2.35. The molecule has 0 bridgehead atoms. The van der Waals surface area contributed by atoms with E-state index in [0.29, 0.717) is 17.1 Å². The van der Waals surface area contributed by atoms with Crippen LogP contribution in [0.2, 0.25) is 0 Å². The fourth-order valence-electron chi connectivity index (χ4n) is 2.21. The standard InChI is InChI=1S/C18H13BrO5/c1-10(18(21)22)23-13-6-7-14-15(9-13)24-16(17(14)20)8-11-2-4-12(19)5-3-11/h2-10H,1H3,(H,21,22)/b16-8+/t10-/m1/s1. The first-order valence-electron chi connectivity index (χ1n) is 7.17. The molecule has 2 aromatic rings. The maximum absolute atomic E-state index is 12.4. The van der Waals surface area contributed by atoms with E-state index in [-0.39, 0.29) is 11.5 Å². The molecule has 0 aliphatic carbocycles. The van der Waals surface area contributed by atoms with Crippen LogP contribution in [0.25, 0.3) is 6.08 Å². The number of benzene rings is 2. The molecule has 0 saturated heterocycles. The average Bonchev–Trinajstić information content (AvgIpc) is 2.85. The van der Waals surface area contributed by atoms with Crippen LogP contribution in [0.5, 0.6) is 11.5 Å². The van der Waals surface area contributed by atoms with E-state index in [1.807, 2.05) is 24.3 Å². The van der Waals surface area contributed by atoms with Crippen LogP contribution in [-0.2, 0) is 4.79 Å². The summed E-state index contributed by atoms with van der Waals surface area (Å²) in [5.74, 6) is -0.371. The lowest BCUT2D eigenvalue weighted by Gasteiger charge is -2.10. The number of carboxylic acids is 1. The molecule has 122 valence electrons. The average molecular weight is 389 g/mol. The summed E-state index contributed by atoms with van der Waals surface area (Å²) in [4.78, 5) is 23.2. The zero-order valence-corrected chi connectivity index (χ0v) is 14.2. The van der Waals surface area contributed by atoms with E-state index in [1.54, 1.807) is 18.2 Å². The monoisotopic (exact) mass is 388 g/mol. The molecule has 1 N–H and O–H groups in total. The maximum Gasteiger partial charge on any atom is 0.344 e. The Labute approximate surface area is 146 Å². The number of carboxylic acid groups (broad SMARTS) is 1. The van der Waals surface area contributed by atoms with Gasteiger partial charge in [0.15, 0.2) is 11.9 Å². The lowest BCUT2D eigenvalue weighted by Crippen LogP contribution is -2.22. The Hall–Kier alpha value is -2.60. The minimum atomic E-state index is -1.07. The summed E-state index contributed by atoms with van der Waals surface area (Å²) in [5, 5.41) is 8.88. The molecule has 0 radical (unpaired) electrons. The highest BCUT2D eigenvalue weighted by molar-refractivity contribution is 9.10. The van der Waals surface area contributed by atoms with E-state index >= 15 is 0 Å². The summed E-state index contributed by atoms with van der Waals surface area (Å²) < 4.78 is 11.8. The number of aliphatic carboxylic acids is 1. The van der Waals surface area contributed by atoms with Crippen molar-refractivity contribution in [2.45, 2.75) is 13.0 Å². The Balaban J connectivity index is 1.84. The summed E-state index contributed by atoms with van der Waals surface area (Å²) >= 11 is 3.36. The van der Waals surface area contributed by atoms with Gasteiger partial charge in [-0.1, -0.05) is 28.1 Å². The summed E-state index contributed by atoms with van der Waals surface area (Å²) in [6.07, 6.45) is 0.674. The van der Waals surface area contributed by atoms with Gasteiger partial charge in [-0.05, 0) is 42.8 Å². The second-order valence-corrected chi connectivity index (χ2v) is 6.16. The number of carbonyl (C=O) groups excluding carboxylic acids is 1. The molecule has 24 heavy (non-hydrogen) atoms. The summed E-state index contributed by atoms with van der Waals surface area (Å²) in [6.45, 7) is 1.43. The van der Waals surface area contributed by atoms with Gasteiger partial charge in [0.1, 0.15) is 11.5 Å². The topological polar surface area (TPSA) is 72.8 Å². The number of hydrogen-bond donors (Lipinski definition) is 1. The van der Waals surface area contributed by atoms with Crippen LogP contribution in [0.4, 0.5) is 0 Å². The lowest BCUT2D eigenvalue weighted by molar-refractivity contribution is -0.144. The van der Waals surface area contributed by atoms with Gasteiger partial charge in [0.25, 0.3) is 0 Å². The molecule has 1 aliphatic rings. The third kappa shape index (κ3) is 3.33. The molecule has 3 rings (SSSR count).